The Morgan fingerprint density at radius 2 is 2.40 bits per heavy atom. The molecule has 54 valence electrons. The van der Waals surface area contributed by atoms with Crippen LogP contribution in [0.2, 0.25) is 0 Å². The molecule has 0 amide bonds. The second kappa shape index (κ2) is 3.25. The van der Waals surface area contributed by atoms with Crippen molar-refractivity contribution in [3.63, 3.8) is 0 Å². The van der Waals surface area contributed by atoms with Crippen LogP contribution < -0.4 is 0 Å². The van der Waals surface area contributed by atoms with Crippen LogP contribution in [0.4, 0.5) is 0 Å². The van der Waals surface area contributed by atoms with Gasteiger partial charge in [-0.25, -0.2) is 0 Å². The number of hydrogen-bond acceptors (Lipinski definition) is 1. The summed E-state index contributed by atoms with van der Waals surface area (Å²) in [5, 5.41) is 9.44. The van der Waals surface area contributed by atoms with Gasteiger partial charge in [-0.2, -0.15) is 0 Å². The molecule has 1 rings (SSSR count). The van der Waals surface area contributed by atoms with E-state index < -0.39 is 0 Å². The average molecular weight is 139 g/mol. The molecule has 0 saturated heterocycles. The van der Waals surface area contributed by atoms with Crippen LogP contribution in [0.5, 0.6) is 5.75 Å². The predicted molar refractivity (Wildman–Crippen MR) is 42.1 cm³/mol. The maximum atomic E-state index is 9.44. The molecule has 1 nitrogen and oxygen atoms in total. The predicted octanol–water partition coefficient (Wildman–Crippen LogP) is 2.34. The van der Waals surface area contributed by atoms with E-state index in [2.05, 4.69) is 0 Å². The van der Waals surface area contributed by atoms with Gasteiger partial charge in [-0.1, -0.05) is 31.5 Å². The third kappa shape index (κ3) is 1.50. The molecule has 0 aromatic heterocycles. The molecule has 0 spiro atoms. The average Bonchev–Trinajstić information content (AvgIpc) is 2.11. The van der Waals surface area contributed by atoms with E-state index in [0.717, 1.165) is 6.42 Å². The molecule has 0 heterocycles. The van der Waals surface area contributed by atoms with Crippen LogP contribution in [0.1, 0.15) is 23.0 Å². The summed E-state index contributed by atoms with van der Waals surface area (Å²) in [6, 6.07) is 1.01. The summed E-state index contributed by atoms with van der Waals surface area (Å²) in [4.78, 5) is 0. The van der Waals surface area contributed by atoms with E-state index in [1.165, 1.54) is 6.07 Å². The fourth-order valence-corrected chi connectivity index (χ4v) is 0.827. The molecule has 0 bridgehead atoms. The van der Waals surface area contributed by atoms with E-state index in [4.69, 9.17) is 4.11 Å². The number of benzene rings is 1. The van der Waals surface area contributed by atoms with Crippen LogP contribution >= 0.6 is 0 Å². The van der Waals surface area contributed by atoms with E-state index in [0.29, 0.717) is 12.0 Å². The molecule has 1 aromatic carbocycles. The Kier molecular flexibility index (Phi) is 1.31. The molecular weight excluding hydrogens is 124 g/mol. The number of hydrogen-bond donors (Lipinski definition) is 1. The van der Waals surface area contributed by atoms with Crippen molar-refractivity contribution in [2.45, 2.75) is 19.8 Å². The lowest BCUT2D eigenvalue weighted by Gasteiger charge is -1.99. The first-order chi connectivity index (χ1) is 6.07. The summed E-state index contributed by atoms with van der Waals surface area (Å²) < 4.78 is 22.0. The minimum Gasteiger partial charge on any atom is -0.508 e. The lowest BCUT2D eigenvalue weighted by atomic mass is 10.1. The summed E-state index contributed by atoms with van der Waals surface area (Å²) in [6.45, 7) is 1.96. The largest absolute Gasteiger partial charge is 0.508 e. The molecule has 1 N–H and O–H groups in total. The molecule has 0 radical (unpaired) electrons. The highest BCUT2D eigenvalue weighted by Gasteiger charge is 1.95. The van der Waals surface area contributed by atoms with Gasteiger partial charge in [0.15, 0.2) is 0 Å². The lowest BCUT2D eigenvalue weighted by molar-refractivity contribution is 0.467. The van der Waals surface area contributed by atoms with Crippen LogP contribution in [0.15, 0.2) is 24.2 Å². The summed E-state index contributed by atoms with van der Waals surface area (Å²) in [7, 11) is 0. The van der Waals surface area contributed by atoms with Gasteiger partial charge in [-0.05, 0) is 18.0 Å². The van der Waals surface area contributed by atoms with Crippen LogP contribution in [-0.4, -0.2) is 5.11 Å². The number of phenolic OH excluding ortho intramolecular Hbond substituents is 1. The Labute approximate surface area is 65.5 Å². The summed E-state index contributed by atoms with van der Waals surface area (Å²) in [5.41, 5.74) is 0.591. The zero-order chi connectivity index (χ0) is 10.0. The number of aromatic hydroxyl groups is 1. The van der Waals surface area contributed by atoms with Gasteiger partial charge in [0.05, 0.1) is 4.11 Å². The molecule has 0 unspecified atom stereocenters. The van der Waals surface area contributed by atoms with Crippen LogP contribution in [-0.2, 0) is 6.42 Å². The highest BCUT2D eigenvalue weighted by Crippen LogP contribution is 2.16. The normalized spacial score (nSPS) is 13.9. The van der Waals surface area contributed by atoms with Crippen molar-refractivity contribution in [3.8, 4) is 5.75 Å². The van der Waals surface area contributed by atoms with E-state index in [-0.39, 0.29) is 23.9 Å². The second-order valence-electron chi connectivity index (χ2n) is 2.16. The van der Waals surface area contributed by atoms with Gasteiger partial charge in [0.1, 0.15) is 5.75 Å². The topological polar surface area (TPSA) is 20.2 Å². The standard InChI is InChI=1S/C9H12O/c1-2-5-8-6-3-4-7-9(8)10/h3-4,6-7,10H,2,5H2,1H3/i3D,4D,7D. The van der Waals surface area contributed by atoms with Gasteiger partial charge >= 0.3 is 0 Å². The number of rotatable bonds is 2. The van der Waals surface area contributed by atoms with Crippen molar-refractivity contribution in [2.24, 2.45) is 0 Å². The van der Waals surface area contributed by atoms with Crippen LogP contribution in [0.3, 0.4) is 0 Å². The zero-order valence-corrected chi connectivity index (χ0v) is 5.94. The second-order valence-corrected chi connectivity index (χ2v) is 2.16. The van der Waals surface area contributed by atoms with Crippen molar-refractivity contribution < 1.29 is 9.22 Å². The van der Waals surface area contributed by atoms with Gasteiger partial charge in [-0.15, -0.1) is 0 Å². The van der Waals surface area contributed by atoms with Gasteiger partial charge in [-0.3, -0.25) is 0 Å². The van der Waals surface area contributed by atoms with Crippen LogP contribution in [0.25, 0.3) is 0 Å². The highest BCUT2D eigenvalue weighted by molar-refractivity contribution is 5.31. The maximum absolute atomic E-state index is 9.44. The molecule has 1 aromatic rings. The van der Waals surface area contributed by atoms with Crippen molar-refractivity contribution in [1.29, 1.82) is 0 Å². The molecule has 0 saturated carbocycles. The fourth-order valence-electron chi connectivity index (χ4n) is 0.827. The van der Waals surface area contributed by atoms with Gasteiger partial charge in [0.2, 0.25) is 0 Å². The molecule has 0 fully saturated rings. The SMILES string of the molecule is [2H]c1cc(CCC)c(O)c([2H])c1[2H]. The molecule has 1 heteroatoms. The Bertz CT molecular complexity index is 323. The minimum absolute atomic E-state index is 0.00579. The van der Waals surface area contributed by atoms with Crippen molar-refractivity contribution in [1.82, 2.24) is 0 Å². The number of phenols is 1. The third-order valence-corrected chi connectivity index (χ3v) is 1.32. The Morgan fingerprint density at radius 3 is 3.10 bits per heavy atom. The molecule has 0 aliphatic heterocycles. The summed E-state index contributed by atoms with van der Waals surface area (Å²) >= 11 is 0. The van der Waals surface area contributed by atoms with E-state index in [1.807, 2.05) is 6.92 Å². The van der Waals surface area contributed by atoms with Crippen LogP contribution in [0, 0.1) is 0 Å². The number of para-hydroxylation sites is 1. The Hall–Kier alpha value is -0.980. The maximum Gasteiger partial charge on any atom is 0.118 e. The monoisotopic (exact) mass is 139 g/mol. The Balaban J connectivity index is 3.24. The van der Waals surface area contributed by atoms with Gasteiger partial charge in [0.25, 0.3) is 0 Å². The first-order valence-corrected chi connectivity index (χ1v) is 3.36. The summed E-state index contributed by atoms with van der Waals surface area (Å²) in [5.74, 6) is -0.150. The van der Waals surface area contributed by atoms with E-state index in [1.54, 1.807) is 0 Å². The third-order valence-electron chi connectivity index (χ3n) is 1.32. The Morgan fingerprint density at radius 1 is 1.60 bits per heavy atom. The molecular formula is C9H12O. The molecule has 0 aliphatic carbocycles. The fraction of sp³-hybridized carbons (Fsp3) is 0.333. The quantitative estimate of drug-likeness (QED) is 0.666. The number of aryl methyl sites for hydroxylation is 1. The highest BCUT2D eigenvalue weighted by atomic mass is 16.3. The first kappa shape index (κ1) is 4.02. The smallest absolute Gasteiger partial charge is 0.118 e. The summed E-state index contributed by atoms with van der Waals surface area (Å²) in [6.07, 6.45) is 1.49. The van der Waals surface area contributed by atoms with E-state index >= 15 is 0 Å². The van der Waals surface area contributed by atoms with Gasteiger partial charge in [0, 0.05) is 0 Å². The van der Waals surface area contributed by atoms with Crippen molar-refractivity contribution >= 4 is 0 Å². The lowest BCUT2D eigenvalue weighted by Crippen LogP contribution is -1.81. The molecule has 0 atom stereocenters. The molecule has 0 aliphatic rings. The van der Waals surface area contributed by atoms with E-state index in [9.17, 15) is 5.11 Å². The van der Waals surface area contributed by atoms with Crippen molar-refractivity contribution in [2.75, 3.05) is 0 Å². The van der Waals surface area contributed by atoms with Crippen molar-refractivity contribution in [3.05, 3.63) is 29.8 Å². The zero-order valence-electron chi connectivity index (χ0n) is 8.94. The van der Waals surface area contributed by atoms with Gasteiger partial charge < -0.3 is 5.11 Å². The minimum atomic E-state index is -0.240. The first-order valence-electron chi connectivity index (χ1n) is 4.86. The molecule has 10 heavy (non-hydrogen) atoms.